The first-order valence-electron chi connectivity index (χ1n) is 5.22. The Morgan fingerprint density at radius 3 is 2.63 bits per heavy atom. The van der Waals surface area contributed by atoms with Crippen LogP contribution in [0.15, 0.2) is 23.1 Å². The number of sulfonamides is 1. The number of nitrogens with zero attached hydrogens (tertiary/aromatic N) is 2. The van der Waals surface area contributed by atoms with Crippen molar-refractivity contribution in [3.8, 4) is 12.3 Å². The normalized spacial score (nSPS) is 11.3. The van der Waals surface area contributed by atoms with Crippen molar-refractivity contribution in [2.24, 2.45) is 0 Å². The number of rotatable bonds is 5. The summed E-state index contributed by atoms with van der Waals surface area (Å²) in [6.07, 6.45) is 5.04. The summed E-state index contributed by atoms with van der Waals surface area (Å²) in [6.45, 7) is 1.31. The quantitative estimate of drug-likeness (QED) is 0.465. The van der Waals surface area contributed by atoms with Gasteiger partial charge in [-0.05, 0) is 12.1 Å². The highest BCUT2D eigenvalue weighted by molar-refractivity contribution is 7.89. The van der Waals surface area contributed by atoms with Crippen LogP contribution in [0, 0.1) is 28.3 Å². The predicted molar refractivity (Wildman–Crippen MR) is 66.3 cm³/mol. The average Bonchev–Trinajstić information content (AvgIpc) is 2.34. The molecule has 0 saturated carbocycles. The van der Waals surface area contributed by atoms with E-state index >= 15 is 0 Å². The van der Waals surface area contributed by atoms with Crippen molar-refractivity contribution >= 4 is 15.7 Å². The lowest BCUT2D eigenvalue weighted by atomic mass is 10.3. The Hall–Kier alpha value is -1.98. The van der Waals surface area contributed by atoms with Crippen molar-refractivity contribution in [3.63, 3.8) is 0 Å². The number of halogens is 1. The van der Waals surface area contributed by atoms with E-state index in [0.29, 0.717) is 0 Å². The van der Waals surface area contributed by atoms with E-state index in [2.05, 4.69) is 5.92 Å². The van der Waals surface area contributed by atoms with Crippen LogP contribution >= 0.6 is 0 Å². The molecule has 0 bridgehead atoms. The van der Waals surface area contributed by atoms with Gasteiger partial charge in [-0.15, -0.1) is 6.42 Å². The summed E-state index contributed by atoms with van der Waals surface area (Å²) in [4.78, 5) is 9.04. The zero-order valence-electron chi connectivity index (χ0n) is 10.0. The first-order valence-corrected chi connectivity index (χ1v) is 6.66. The second kappa shape index (κ2) is 5.77. The number of nitro groups is 1. The minimum absolute atomic E-state index is 0.0280. The molecule has 8 heteroatoms. The highest BCUT2D eigenvalue weighted by atomic mass is 32.2. The summed E-state index contributed by atoms with van der Waals surface area (Å²) in [6, 6.07) is 2.91. The summed E-state index contributed by atoms with van der Waals surface area (Å²) in [5, 5.41) is 10.8. The molecule has 0 unspecified atom stereocenters. The Morgan fingerprint density at radius 2 is 2.16 bits per heavy atom. The van der Waals surface area contributed by atoms with E-state index in [4.69, 9.17) is 6.42 Å². The molecule has 102 valence electrons. The number of hydrogen-bond acceptors (Lipinski definition) is 4. The molecule has 0 aliphatic carbocycles. The van der Waals surface area contributed by atoms with Gasteiger partial charge in [0.2, 0.25) is 5.82 Å². The molecular formula is C11H11FN2O4S. The molecule has 0 spiro atoms. The number of terminal acetylenes is 1. The zero-order valence-corrected chi connectivity index (χ0v) is 10.9. The molecule has 1 rings (SSSR count). The predicted octanol–water partition coefficient (Wildman–Crippen LogP) is 1.38. The maximum absolute atomic E-state index is 13.4. The molecular weight excluding hydrogens is 275 g/mol. The Balaban J connectivity index is 3.50. The maximum atomic E-state index is 13.4. The molecule has 0 aliphatic heterocycles. The molecule has 0 aliphatic rings. The number of nitro benzene ring substituents is 1. The van der Waals surface area contributed by atoms with Crippen LogP contribution in [0.2, 0.25) is 0 Å². The van der Waals surface area contributed by atoms with Gasteiger partial charge in [0.25, 0.3) is 10.0 Å². The smallest absolute Gasteiger partial charge is 0.258 e. The van der Waals surface area contributed by atoms with Gasteiger partial charge in [-0.2, -0.15) is 8.70 Å². The van der Waals surface area contributed by atoms with E-state index < -0.39 is 31.3 Å². The Morgan fingerprint density at radius 1 is 1.53 bits per heavy atom. The lowest BCUT2D eigenvalue weighted by Crippen LogP contribution is -2.31. The van der Waals surface area contributed by atoms with Crippen LogP contribution in [0.4, 0.5) is 10.1 Å². The fourth-order valence-electron chi connectivity index (χ4n) is 1.49. The molecule has 0 heterocycles. The van der Waals surface area contributed by atoms with Gasteiger partial charge < -0.3 is 0 Å². The number of benzene rings is 1. The third-order valence-corrected chi connectivity index (χ3v) is 4.32. The average molecular weight is 286 g/mol. The summed E-state index contributed by atoms with van der Waals surface area (Å²) < 4.78 is 38.7. The topological polar surface area (TPSA) is 80.5 Å². The lowest BCUT2D eigenvalue weighted by molar-refractivity contribution is -0.390. The van der Waals surface area contributed by atoms with Gasteiger partial charge in [0.15, 0.2) is 4.90 Å². The van der Waals surface area contributed by atoms with Gasteiger partial charge in [0.1, 0.15) is 0 Å². The van der Waals surface area contributed by atoms with E-state index in [1.165, 1.54) is 6.92 Å². The Kier molecular flexibility index (Phi) is 4.58. The third kappa shape index (κ3) is 2.89. The van der Waals surface area contributed by atoms with Crippen molar-refractivity contribution in [1.29, 1.82) is 0 Å². The summed E-state index contributed by atoms with van der Waals surface area (Å²) >= 11 is 0. The molecule has 1 aromatic rings. The SMILES string of the molecule is C#CCN(CC)S(=O)(=O)c1cccc(F)c1[N+](=O)[O-]. The van der Waals surface area contributed by atoms with Crippen LogP contribution < -0.4 is 0 Å². The second-order valence-corrected chi connectivity index (χ2v) is 5.39. The van der Waals surface area contributed by atoms with Crippen LogP contribution in [-0.4, -0.2) is 30.7 Å². The standard InChI is InChI=1S/C11H11FN2O4S/c1-3-8-13(4-2)19(17,18)10-7-5-6-9(12)11(10)14(15)16/h1,5-7H,4,8H2,2H3. The minimum atomic E-state index is -4.20. The van der Waals surface area contributed by atoms with Crippen LogP contribution in [0.3, 0.4) is 0 Å². The van der Waals surface area contributed by atoms with Crippen molar-refractivity contribution in [1.82, 2.24) is 4.31 Å². The van der Waals surface area contributed by atoms with E-state index in [0.717, 1.165) is 22.5 Å². The van der Waals surface area contributed by atoms with Crippen LogP contribution in [0.25, 0.3) is 0 Å². The first kappa shape index (κ1) is 15.1. The van der Waals surface area contributed by atoms with E-state index in [9.17, 15) is 22.9 Å². The maximum Gasteiger partial charge on any atom is 0.324 e. The zero-order chi connectivity index (χ0) is 14.6. The molecule has 0 saturated heterocycles. The van der Waals surface area contributed by atoms with Gasteiger partial charge in [-0.25, -0.2) is 8.42 Å². The molecule has 0 radical (unpaired) electrons. The van der Waals surface area contributed by atoms with Crippen molar-refractivity contribution < 1.29 is 17.7 Å². The largest absolute Gasteiger partial charge is 0.324 e. The number of para-hydroxylation sites is 1. The fourth-order valence-corrected chi connectivity index (χ4v) is 3.02. The molecule has 0 aromatic heterocycles. The van der Waals surface area contributed by atoms with Crippen molar-refractivity contribution in [2.45, 2.75) is 11.8 Å². The van der Waals surface area contributed by atoms with Crippen LogP contribution in [0.1, 0.15) is 6.92 Å². The highest BCUT2D eigenvalue weighted by Gasteiger charge is 2.32. The van der Waals surface area contributed by atoms with E-state index in [1.54, 1.807) is 0 Å². The molecule has 0 amide bonds. The van der Waals surface area contributed by atoms with Gasteiger partial charge in [0.05, 0.1) is 11.5 Å². The third-order valence-electron chi connectivity index (χ3n) is 2.37. The molecule has 0 atom stereocenters. The summed E-state index contributed by atoms with van der Waals surface area (Å²) in [5.74, 6) is 0.935. The second-order valence-electron chi connectivity index (χ2n) is 3.48. The van der Waals surface area contributed by atoms with Gasteiger partial charge in [-0.3, -0.25) is 10.1 Å². The Labute approximate surface area is 110 Å². The van der Waals surface area contributed by atoms with E-state index in [1.807, 2.05) is 0 Å². The van der Waals surface area contributed by atoms with E-state index in [-0.39, 0.29) is 13.1 Å². The Bertz CT molecular complexity index is 637. The summed E-state index contributed by atoms with van der Waals surface area (Å²) in [7, 11) is -4.20. The fraction of sp³-hybridized carbons (Fsp3) is 0.273. The molecule has 19 heavy (non-hydrogen) atoms. The van der Waals surface area contributed by atoms with Gasteiger partial charge in [0, 0.05) is 6.54 Å². The summed E-state index contributed by atoms with van der Waals surface area (Å²) in [5.41, 5.74) is -1.07. The highest BCUT2D eigenvalue weighted by Crippen LogP contribution is 2.28. The lowest BCUT2D eigenvalue weighted by Gasteiger charge is -2.17. The van der Waals surface area contributed by atoms with Gasteiger partial charge in [-0.1, -0.05) is 18.9 Å². The molecule has 6 nitrogen and oxygen atoms in total. The minimum Gasteiger partial charge on any atom is -0.258 e. The first-order chi connectivity index (χ1) is 8.86. The molecule has 1 aromatic carbocycles. The number of hydrogen-bond donors (Lipinski definition) is 0. The van der Waals surface area contributed by atoms with Crippen LogP contribution in [0.5, 0.6) is 0 Å². The molecule has 0 N–H and O–H groups in total. The van der Waals surface area contributed by atoms with Gasteiger partial charge >= 0.3 is 5.69 Å². The molecule has 0 fully saturated rings. The van der Waals surface area contributed by atoms with Crippen molar-refractivity contribution in [2.75, 3.05) is 13.1 Å². The van der Waals surface area contributed by atoms with Crippen LogP contribution in [-0.2, 0) is 10.0 Å². The monoisotopic (exact) mass is 286 g/mol. The van der Waals surface area contributed by atoms with Crippen molar-refractivity contribution in [3.05, 3.63) is 34.1 Å².